The Morgan fingerprint density at radius 1 is 0.900 bits per heavy atom. The summed E-state index contributed by atoms with van der Waals surface area (Å²) in [7, 11) is 0. The molecule has 0 saturated carbocycles. The molecule has 20 heavy (non-hydrogen) atoms. The van der Waals surface area contributed by atoms with E-state index >= 15 is 0 Å². The second-order valence-electron chi connectivity index (χ2n) is 6.53. The van der Waals surface area contributed by atoms with Crippen molar-refractivity contribution in [1.29, 1.82) is 0 Å². The summed E-state index contributed by atoms with van der Waals surface area (Å²) < 4.78 is 0. The summed E-state index contributed by atoms with van der Waals surface area (Å²) in [5, 5.41) is 0. The highest BCUT2D eigenvalue weighted by atomic mass is 14.7. The smallest absolute Gasteiger partial charge is 0.0552 e. The zero-order valence-electron chi connectivity index (χ0n) is 13.1. The second kappa shape index (κ2) is 5.37. The predicted molar refractivity (Wildman–Crippen MR) is 84.9 cm³/mol. The Labute approximate surface area is 122 Å². The summed E-state index contributed by atoms with van der Waals surface area (Å²) in [6, 6.07) is 12.7. The van der Waals surface area contributed by atoms with Gasteiger partial charge < -0.3 is 5.73 Å². The van der Waals surface area contributed by atoms with Gasteiger partial charge in [-0.25, -0.2) is 0 Å². The standard InChI is InChI=1S/C18H24N2/c1-12-10-15(11-13(2)20-12)17(19)14-6-8-16(9-7-14)18(3,4)5/h6-11,17H,19H2,1-5H3. The van der Waals surface area contributed by atoms with Crippen LogP contribution in [0.2, 0.25) is 0 Å². The van der Waals surface area contributed by atoms with Crippen molar-refractivity contribution in [2.75, 3.05) is 0 Å². The lowest BCUT2D eigenvalue weighted by atomic mass is 9.86. The number of aryl methyl sites for hydroxylation is 2. The molecule has 2 rings (SSSR count). The summed E-state index contributed by atoms with van der Waals surface area (Å²) in [6.45, 7) is 10.7. The summed E-state index contributed by atoms with van der Waals surface area (Å²) in [4.78, 5) is 4.40. The minimum Gasteiger partial charge on any atom is -0.320 e. The molecule has 0 saturated heterocycles. The van der Waals surface area contributed by atoms with Crippen LogP contribution < -0.4 is 5.73 Å². The van der Waals surface area contributed by atoms with Gasteiger partial charge in [-0.05, 0) is 48.1 Å². The molecule has 1 heterocycles. The van der Waals surface area contributed by atoms with Crippen LogP contribution in [0.3, 0.4) is 0 Å². The molecule has 0 bridgehead atoms. The molecule has 1 unspecified atom stereocenters. The van der Waals surface area contributed by atoms with E-state index in [0.29, 0.717) is 0 Å². The maximum absolute atomic E-state index is 6.39. The minimum absolute atomic E-state index is 0.0931. The van der Waals surface area contributed by atoms with Gasteiger partial charge in [0.25, 0.3) is 0 Å². The van der Waals surface area contributed by atoms with Crippen LogP contribution in [0.5, 0.6) is 0 Å². The number of nitrogens with zero attached hydrogens (tertiary/aromatic N) is 1. The Hall–Kier alpha value is -1.67. The van der Waals surface area contributed by atoms with Gasteiger partial charge in [-0.1, -0.05) is 45.0 Å². The highest BCUT2D eigenvalue weighted by molar-refractivity contribution is 5.36. The zero-order valence-corrected chi connectivity index (χ0v) is 13.1. The van der Waals surface area contributed by atoms with E-state index in [0.717, 1.165) is 22.5 Å². The van der Waals surface area contributed by atoms with E-state index in [1.807, 2.05) is 13.8 Å². The molecule has 0 aliphatic heterocycles. The SMILES string of the molecule is Cc1cc(C(N)c2ccc(C(C)(C)C)cc2)cc(C)n1. The summed E-state index contributed by atoms with van der Waals surface area (Å²) in [5.41, 5.74) is 12.2. The molecule has 1 atom stereocenters. The van der Waals surface area contributed by atoms with Crippen LogP contribution in [0.4, 0.5) is 0 Å². The van der Waals surface area contributed by atoms with E-state index < -0.39 is 0 Å². The van der Waals surface area contributed by atoms with Gasteiger partial charge in [-0.15, -0.1) is 0 Å². The van der Waals surface area contributed by atoms with E-state index in [4.69, 9.17) is 5.73 Å². The monoisotopic (exact) mass is 268 g/mol. The van der Waals surface area contributed by atoms with E-state index in [-0.39, 0.29) is 11.5 Å². The molecule has 2 N–H and O–H groups in total. The number of nitrogens with two attached hydrogens (primary N) is 1. The third-order valence-corrected chi connectivity index (χ3v) is 3.60. The third-order valence-electron chi connectivity index (χ3n) is 3.60. The molecule has 2 aromatic rings. The minimum atomic E-state index is -0.0931. The number of aromatic nitrogens is 1. The van der Waals surface area contributed by atoms with E-state index in [1.54, 1.807) is 0 Å². The Bertz CT molecular complexity index is 572. The van der Waals surface area contributed by atoms with Gasteiger partial charge in [0.15, 0.2) is 0 Å². The molecular formula is C18H24N2. The van der Waals surface area contributed by atoms with Crippen molar-refractivity contribution in [2.24, 2.45) is 5.73 Å². The lowest BCUT2D eigenvalue weighted by Gasteiger charge is -2.20. The first-order valence-electron chi connectivity index (χ1n) is 7.08. The van der Waals surface area contributed by atoms with Crippen LogP contribution in [0, 0.1) is 13.8 Å². The van der Waals surface area contributed by atoms with Crippen LogP contribution in [-0.2, 0) is 5.41 Å². The molecule has 0 aliphatic carbocycles. The lowest BCUT2D eigenvalue weighted by molar-refractivity contribution is 0.589. The zero-order chi connectivity index (χ0) is 14.9. The maximum Gasteiger partial charge on any atom is 0.0552 e. The average Bonchev–Trinajstić information content (AvgIpc) is 2.36. The first-order chi connectivity index (χ1) is 9.27. The topological polar surface area (TPSA) is 38.9 Å². The van der Waals surface area contributed by atoms with Gasteiger partial charge >= 0.3 is 0 Å². The molecule has 0 spiro atoms. The average molecular weight is 268 g/mol. The molecule has 2 heteroatoms. The highest BCUT2D eigenvalue weighted by Crippen LogP contribution is 2.26. The largest absolute Gasteiger partial charge is 0.320 e. The Morgan fingerprint density at radius 3 is 1.85 bits per heavy atom. The first-order valence-corrected chi connectivity index (χ1v) is 7.08. The summed E-state index contributed by atoms with van der Waals surface area (Å²) in [6.07, 6.45) is 0. The van der Waals surface area contributed by atoms with Gasteiger partial charge in [0.1, 0.15) is 0 Å². The van der Waals surface area contributed by atoms with Crippen molar-refractivity contribution in [1.82, 2.24) is 4.98 Å². The van der Waals surface area contributed by atoms with Crippen LogP contribution in [0.1, 0.15) is 54.9 Å². The summed E-state index contributed by atoms with van der Waals surface area (Å²) >= 11 is 0. The quantitative estimate of drug-likeness (QED) is 0.892. The van der Waals surface area contributed by atoms with Crippen molar-refractivity contribution in [2.45, 2.75) is 46.1 Å². The molecular weight excluding hydrogens is 244 g/mol. The van der Waals surface area contributed by atoms with Gasteiger partial charge in [0, 0.05) is 11.4 Å². The van der Waals surface area contributed by atoms with Gasteiger partial charge in [-0.3, -0.25) is 4.98 Å². The van der Waals surface area contributed by atoms with Crippen molar-refractivity contribution in [3.63, 3.8) is 0 Å². The fourth-order valence-corrected chi connectivity index (χ4v) is 2.43. The van der Waals surface area contributed by atoms with E-state index in [9.17, 15) is 0 Å². The van der Waals surface area contributed by atoms with E-state index in [1.165, 1.54) is 5.56 Å². The molecule has 2 nitrogen and oxygen atoms in total. The maximum atomic E-state index is 6.39. The fourth-order valence-electron chi connectivity index (χ4n) is 2.43. The van der Waals surface area contributed by atoms with Gasteiger partial charge in [-0.2, -0.15) is 0 Å². The predicted octanol–water partition coefficient (Wildman–Crippen LogP) is 4.04. The normalized spacial score (nSPS) is 13.3. The lowest BCUT2D eigenvalue weighted by Crippen LogP contribution is -2.14. The van der Waals surface area contributed by atoms with Crippen LogP contribution >= 0.6 is 0 Å². The van der Waals surface area contributed by atoms with Crippen molar-refractivity contribution in [3.05, 3.63) is 64.5 Å². The molecule has 1 aromatic heterocycles. The molecule has 0 amide bonds. The van der Waals surface area contributed by atoms with Crippen LogP contribution in [0.15, 0.2) is 36.4 Å². The van der Waals surface area contributed by atoms with Crippen molar-refractivity contribution >= 4 is 0 Å². The van der Waals surface area contributed by atoms with E-state index in [2.05, 4.69) is 62.2 Å². The molecule has 1 aromatic carbocycles. The fraction of sp³-hybridized carbons (Fsp3) is 0.389. The Balaban J connectivity index is 2.31. The van der Waals surface area contributed by atoms with Crippen molar-refractivity contribution < 1.29 is 0 Å². The van der Waals surface area contributed by atoms with Crippen LogP contribution in [-0.4, -0.2) is 4.98 Å². The van der Waals surface area contributed by atoms with Gasteiger partial charge in [0.2, 0.25) is 0 Å². The van der Waals surface area contributed by atoms with Crippen LogP contribution in [0.25, 0.3) is 0 Å². The molecule has 0 aliphatic rings. The number of rotatable bonds is 2. The number of hydrogen-bond donors (Lipinski definition) is 1. The molecule has 106 valence electrons. The van der Waals surface area contributed by atoms with Gasteiger partial charge in [0.05, 0.1) is 6.04 Å². The Kier molecular flexibility index (Phi) is 3.96. The van der Waals surface area contributed by atoms with Crippen molar-refractivity contribution in [3.8, 4) is 0 Å². The molecule has 0 fully saturated rings. The second-order valence-corrected chi connectivity index (χ2v) is 6.53. The molecule has 0 radical (unpaired) electrons. The highest BCUT2D eigenvalue weighted by Gasteiger charge is 2.15. The number of pyridine rings is 1. The first kappa shape index (κ1) is 14.7. The number of hydrogen-bond acceptors (Lipinski definition) is 2. The number of benzene rings is 1. The Morgan fingerprint density at radius 2 is 1.40 bits per heavy atom. The summed E-state index contributed by atoms with van der Waals surface area (Å²) in [5.74, 6) is 0. The third kappa shape index (κ3) is 3.26.